The number of hydrogen-bond donors (Lipinski definition) is 2. The number of methoxy groups -OCH3 is 1. The molecule has 0 amide bonds. The Labute approximate surface area is 125 Å². The van der Waals surface area contributed by atoms with Gasteiger partial charge in [0.05, 0.1) is 17.3 Å². The van der Waals surface area contributed by atoms with Crippen LogP contribution in [0, 0.1) is 0 Å². The predicted molar refractivity (Wildman–Crippen MR) is 80.2 cm³/mol. The van der Waals surface area contributed by atoms with E-state index in [1.807, 2.05) is 0 Å². The molecule has 0 saturated heterocycles. The zero-order valence-electron chi connectivity index (χ0n) is 10.5. The van der Waals surface area contributed by atoms with Gasteiger partial charge in [-0.15, -0.1) is 0 Å². The normalized spacial score (nSPS) is 11.1. The fourth-order valence-electron chi connectivity index (χ4n) is 1.57. The first-order chi connectivity index (χ1) is 9.44. The number of benzene rings is 1. The molecule has 0 fully saturated rings. The van der Waals surface area contributed by atoms with Crippen LogP contribution in [0.1, 0.15) is 0 Å². The molecule has 6 nitrogen and oxygen atoms in total. The van der Waals surface area contributed by atoms with Crippen molar-refractivity contribution in [2.45, 2.75) is 4.90 Å². The van der Waals surface area contributed by atoms with Gasteiger partial charge >= 0.3 is 0 Å². The molecule has 20 heavy (non-hydrogen) atoms. The maximum atomic E-state index is 12.2. The van der Waals surface area contributed by atoms with Crippen molar-refractivity contribution in [1.82, 2.24) is 4.98 Å². The average molecular weight is 358 g/mol. The quantitative estimate of drug-likeness (QED) is 0.874. The van der Waals surface area contributed by atoms with Gasteiger partial charge in [0.2, 0.25) is 0 Å². The van der Waals surface area contributed by atoms with Crippen LogP contribution in [0.4, 0.5) is 11.5 Å². The summed E-state index contributed by atoms with van der Waals surface area (Å²) >= 11 is 3.29. The monoisotopic (exact) mass is 357 g/mol. The molecule has 0 bridgehead atoms. The van der Waals surface area contributed by atoms with E-state index in [9.17, 15) is 8.42 Å². The number of sulfonamides is 1. The number of ether oxygens (including phenoxy) is 1. The van der Waals surface area contributed by atoms with E-state index in [4.69, 9.17) is 10.5 Å². The first kappa shape index (κ1) is 14.6. The van der Waals surface area contributed by atoms with Crippen molar-refractivity contribution < 1.29 is 13.2 Å². The van der Waals surface area contributed by atoms with Crippen LogP contribution in [-0.4, -0.2) is 20.5 Å². The standard InChI is InChI=1S/C12H12BrN3O3S/c1-19-10-5-4-8(7-9(10)13)16-20(17,18)11-3-2-6-15-12(11)14/h2-7,16H,1H3,(H2,14,15). The second-order valence-electron chi connectivity index (χ2n) is 3.84. The van der Waals surface area contributed by atoms with Crippen molar-refractivity contribution in [3.63, 3.8) is 0 Å². The van der Waals surface area contributed by atoms with Gasteiger partial charge in [-0.2, -0.15) is 0 Å². The Morgan fingerprint density at radius 1 is 1.35 bits per heavy atom. The van der Waals surface area contributed by atoms with E-state index in [0.29, 0.717) is 15.9 Å². The third kappa shape index (κ3) is 3.02. The molecule has 0 aliphatic heterocycles. The van der Waals surface area contributed by atoms with Crippen LogP contribution >= 0.6 is 15.9 Å². The summed E-state index contributed by atoms with van der Waals surface area (Å²) in [6.45, 7) is 0. The van der Waals surface area contributed by atoms with E-state index >= 15 is 0 Å². The summed E-state index contributed by atoms with van der Waals surface area (Å²) < 4.78 is 32.6. The SMILES string of the molecule is COc1ccc(NS(=O)(=O)c2cccnc2N)cc1Br. The van der Waals surface area contributed by atoms with E-state index in [1.165, 1.54) is 25.4 Å². The minimum absolute atomic E-state index is 0.0485. The predicted octanol–water partition coefficient (Wildman–Crippen LogP) is 2.24. The van der Waals surface area contributed by atoms with Crippen LogP contribution in [0.3, 0.4) is 0 Å². The largest absolute Gasteiger partial charge is 0.496 e. The molecule has 3 N–H and O–H groups in total. The van der Waals surface area contributed by atoms with Gasteiger partial charge in [-0.25, -0.2) is 13.4 Å². The molecular weight excluding hydrogens is 346 g/mol. The number of nitrogens with zero attached hydrogens (tertiary/aromatic N) is 1. The number of nitrogens with two attached hydrogens (primary N) is 1. The van der Waals surface area contributed by atoms with E-state index in [1.54, 1.807) is 18.2 Å². The number of halogens is 1. The van der Waals surface area contributed by atoms with Crippen molar-refractivity contribution in [2.75, 3.05) is 17.6 Å². The number of pyridine rings is 1. The van der Waals surface area contributed by atoms with Crippen molar-refractivity contribution in [2.24, 2.45) is 0 Å². The lowest BCUT2D eigenvalue weighted by atomic mass is 10.3. The van der Waals surface area contributed by atoms with Crippen LogP contribution in [-0.2, 0) is 10.0 Å². The highest BCUT2D eigenvalue weighted by Gasteiger charge is 2.18. The Balaban J connectivity index is 2.34. The lowest BCUT2D eigenvalue weighted by Crippen LogP contribution is -2.15. The van der Waals surface area contributed by atoms with Crippen LogP contribution in [0.2, 0.25) is 0 Å². The molecule has 0 unspecified atom stereocenters. The molecule has 0 spiro atoms. The molecule has 0 aliphatic carbocycles. The molecule has 106 valence electrons. The van der Waals surface area contributed by atoms with Crippen LogP contribution < -0.4 is 15.2 Å². The highest BCUT2D eigenvalue weighted by atomic mass is 79.9. The third-order valence-corrected chi connectivity index (χ3v) is 4.54. The van der Waals surface area contributed by atoms with Gasteiger partial charge in [-0.3, -0.25) is 4.72 Å². The zero-order chi connectivity index (χ0) is 14.8. The summed E-state index contributed by atoms with van der Waals surface area (Å²) in [6.07, 6.45) is 1.43. The highest BCUT2D eigenvalue weighted by Crippen LogP contribution is 2.29. The molecule has 2 rings (SSSR count). The summed E-state index contributed by atoms with van der Waals surface area (Å²) in [5, 5.41) is 0. The fourth-order valence-corrected chi connectivity index (χ4v) is 3.24. The molecule has 8 heteroatoms. The molecule has 0 saturated carbocycles. The summed E-state index contributed by atoms with van der Waals surface area (Å²) in [6, 6.07) is 7.74. The number of nitrogens with one attached hydrogen (secondary N) is 1. The second kappa shape index (κ2) is 5.68. The summed E-state index contributed by atoms with van der Waals surface area (Å²) in [4.78, 5) is 3.70. The minimum atomic E-state index is -3.78. The Morgan fingerprint density at radius 3 is 2.70 bits per heavy atom. The maximum absolute atomic E-state index is 12.2. The third-order valence-electron chi connectivity index (χ3n) is 2.49. The highest BCUT2D eigenvalue weighted by molar-refractivity contribution is 9.10. The number of hydrogen-bond acceptors (Lipinski definition) is 5. The minimum Gasteiger partial charge on any atom is -0.496 e. The molecule has 0 radical (unpaired) electrons. The molecule has 0 atom stereocenters. The number of nitrogen functional groups attached to an aromatic ring is 1. The van der Waals surface area contributed by atoms with Crippen molar-refractivity contribution >= 4 is 37.5 Å². The second-order valence-corrected chi connectivity index (χ2v) is 6.35. The molecular formula is C12H12BrN3O3S. The lowest BCUT2D eigenvalue weighted by molar-refractivity contribution is 0.412. The van der Waals surface area contributed by atoms with Gasteiger partial charge in [-0.1, -0.05) is 0 Å². The smallest absolute Gasteiger partial charge is 0.265 e. The van der Waals surface area contributed by atoms with Gasteiger partial charge in [0, 0.05) is 6.20 Å². The van der Waals surface area contributed by atoms with E-state index in [2.05, 4.69) is 25.6 Å². The zero-order valence-corrected chi connectivity index (χ0v) is 12.9. The number of aromatic nitrogens is 1. The molecule has 2 aromatic rings. The Bertz CT molecular complexity index is 734. The Hall–Kier alpha value is -1.80. The van der Waals surface area contributed by atoms with Crippen molar-refractivity contribution in [1.29, 1.82) is 0 Å². The fraction of sp³-hybridized carbons (Fsp3) is 0.0833. The molecule has 1 heterocycles. The van der Waals surface area contributed by atoms with Gasteiger partial charge in [0.1, 0.15) is 16.5 Å². The molecule has 1 aromatic carbocycles. The molecule has 1 aromatic heterocycles. The van der Waals surface area contributed by atoms with Crippen LogP contribution in [0.15, 0.2) is 45.9 Å². The maximum Gasteiger partial charge on any atom is 0.265 e. The average Bonchev–Trinajstić information content (AvgIpc) is 2.38. The Morgan fingerprint density at radius 2 is 2.10 bits per heavy atom. The topological polar surface area (TPSA) is 94.3 Å². The summed E-state index contributed by atoms with van der Waals surface area (Å²) in [7, 11) is -2.25. The van der Waals surface area contributed by atoms with Crippen LogP contribution in [0.25, 0.3) is 0 Å². The Kier molecular flexibility index (Phi) is 4.15. The first-order valence-corrected chi connectivity index (χ1v) is 7.78. The molecule has 0 aliphatic rings. The summed E-state index contributed by atoms with van der Waals surface area (Å²) in [5.41, 5.74) is 5.97. The number of rotatable bonds is 4. The van der Waals surface area contributed by atoms with Gasteiger partial charge in [0.25, 0.3) is 10.0 Å². The van der Waals surface area contributed by atoms with Gasteiger partial charge in [-0.05, 0) is 46.3 Å². The van der Waals surface area contributed by atoms with E-state index in [0.717, 1.165) is 0 Å². The number of anilines is 2. The van der Waals surface area contributed by atoms with E-state index < -0.39 is 10.0 Å². The van der Waals surface area contributed by atoms with Gasteiger partial charge < -0.3 is 10.5 Å². The van der Waals surface area contributed by atoms with E-state index in [-0.39, 0.29) is 10.7 Å². The van der Waals surface area contributed by atoms with Crippen molar-refractivity contribution in [3.05, 3.63) is 41.0 Å². The lowest BCUT2D eigenvalue weighted by Gasteiger charge is -2.11. The van der Waals surface area contributed by atoms with Crippen molar-refractivity contribution in [3.8, 4) is 5.75 Å². The van der Waals surface area contributed by atoms with Gasteiger partial charge in [0.15, 0.2) is 0 Å². The van der Waals surface area contributed by atoms with Crippen LogP contribution in [0.5, 0.6) is 5.75 Å². The summed E-state index contributed by atoms with van der Waals surface area (Å²) in [5.74, 6) is 0.557. The first-order valence-electron chi connectivity index (χ1n) is 5.51.